The lowest BCUT2D eigenvalue weighted by Crippen LogP contribution is -2.03. The highest BCUT2D eigenvalue weighted by Gasteiger charge is 2.06. The maximum absolute atomic E-state index is 12.9. The van der Waals surface area contributed by atoms with E-state index in [0.717, 1.165) is 0 Å². The molecule has 5 heteroatoms. The predicted octanol–water partition coefficient (Wildman–Crippen LogP) is 3.41. The number of nitrogens with one attached hydrogen (secondary N) is 1. The molecule has 0 aromatic heterocycles. The van der Waals surface area contributed by atoms with Crippen molar-refractivity contribution in [3.8, 4) is 0 Å². The summed E-state index contributed by atoms with van der Waals surface area (Å²) < 4.78 is 12.9. The Balaban J connectivity index is 3.04. The Kier molecular flexibility index (Phi) is 3.26. The molecule has 12 heavy (non-hydrogen) atoms. The number of thiocarbonyl (C=S) groups is 1. The largest absolute Gasteiger partial charge is 0.333 e. The van der Waals surface area contributed by atoms with E-state index in [-0.39, 0.29) is 15.2 Å². The number of para-hydroxylation sites is 1. The van der Waals surface area contributed by atoms with Crippen molar-refractivity contribution >= 4 is 45.6 Å². The smallest absolute Gasteiger partial charge is 0.171 e. The summed E-state index contributed by atoms with van der Waals surface area (Å²) in [5.74, 6) is -0.481. The van der Waals surface area contributed by atoms with Gasteiger partial charge in [0.15, 0.2) is 4.45 Å². The Hall–Kier alpha value is -0.380. The van der Waals surface area contributed by atoms with E-state index in [9.17, 15) is 4.39 Å². The molecule has 0 aliphatic heterocycles. The summed E-state index contributed by atoms with van der Waals surface area (Å²) in [7, 11) is 0. The van der Waals surface area contributed by atoms with Gasteiger partial charge in [0.25, 0.3) is 0 Å². The second kappa shape index (κ2) is 4.03. The van der Waals surface area contributed by atoms with E-state index in [4.69, 9.17) is 23.2 Å². The van der Waals surface area contributed by atoms with Crippen molar-refractivity contribution in [2.24, 2.45) is 0 Å². The van der Waals surface area contributed by atoms with Crippen LogP contribution in [0.15, 0.2) is 18.2 Å². The van der Waals surface area contributed by atoms with E-state index >= 15 is 0 Å². The van der Waals surface area contributed by atoms with Crippen molar-refractivity contribution in [3.05, 3.63) is 29.0 Å². The van der Waals surface area contributed by atoms with Gasteiger partial charge in [-0.05, 0) is 24.4 Å². The molecule has 0 aliphatic rings. The summed E-state index contributed by atoms with van der Waals surface area (Å²) in [4.78, 5) is 0. The Morgan fingerprint density at radius 1 is 1.50 bits per heavy atom. The molecule has 0 saturated carbocycles. The van der Waals surface area contributed by atoms with Crippen molar-refractivity contribution in [1.82, 2.24) is 0 Å². The van der Waals surface area contributed by atoms with Crippen LogP contribution in [-0.4, -0.2) is 4.45 Å². The van der Waals surface area contributed by atoms with Gasteiger partial charge in [0.2, 0.25) is 0 Å². The molecule has 0 radical (unpaired) electrons. The van der Waals surface area contributed by atoms with Crippen LogP contribution < -0.4 is 5.32 Å². The first kappa shape index (κ1) is 9.71. The van der Waals surface area contributed by atoms with Crippen LogP contribution >= 0.6 is 35.4 Å². The van der Waals surface area contributed by atoms with Gasteiger partial charge in [0, 0.05) is 0 Å². The first-order valence-electron chi connectivity index (χ1n) is 3.02. The third-order valence-corrected chi connectivity index (χ3v) is 1.70. The van der Waals surface area contributed by atoms with Gasteiger partial charge in [0.1, 0.15) is 5.82 Å². The highest BCUT2D eigenvalue weighted by atomic mass is 35.5. The minimum Gasteiger partial charge on any atom is -0.333 e. The van der Waals surface area contributed by atoms with Crippen LogP contribution in [0.3, 0.4) is 0 Å². The van der Waals surface area contributed by atoms with E-state index in [1.54, 1.807) is 6.07 Å². The van der Waals surface area contributed by atoms with Crippen LogP contribution in [0.25, 0.3) is 0 Å². The zero-order valence-corrected chi connectivity index (χ0v) is 8.10. The van der Waals surface area contributed by atoms with Gasteiger partial charge in [0.05, 0.1) is 10.7 Å². The Labute approximate surface area is 84.5 Å². The Morgan fingerprint density at radius 2 is 2.17 bits per heavy atom. The molecular formula is C7H4Cl2FNS. The minimum absolute atomic E-state index is 0.0398. The van der Waals surface area contributed by atoms with Gasteiger partial charge in [-0.15, -0.1) is 0 Å². The van der Waals surface area contributed by atoms with E-state index < -0.39 is 5.82 Å². The summed E-state index contributed by atoms with van der Waals surface area (Å²) in [6, 6.07) is 4.31. The molecule has 0 heterocycles. The number of anilines is 1. The fourth-order valence-corrected chi connectivity index (χ4v) is 1.12. The maximum Gasteiger partial charge on any atom is 0.171 e. The molecule has 0 spiro atoms. The second-order valence-electron chi connectivity index (χ2n) is 2.00. The van der Waals surface area contributed by atoms with Crippen LogP contribution in [0.2, 0.25) is 5.02 Å². The number of halogens is 3. The van der Waals surface area contributed by atoms with E-state index in [2.05, 4.69) is 17.5 Å². The molecule has 1 aromatic rings. The van der Waals surface area contributed by atoms with Crippen LogP contribution in [0.5, 0.6) is 0 Å². The first-order chi connectivity index (χ1) is 5.61. The molecule has 1 aromatic carbocycles. The summed E-state index contributed by atoms with van der Waals surface area (Å²) in [6.45, 7) is 0. The topological polar surface area (TPSA) is 12.0 Å². The van der Waals surface area contributed by atoms with Crippen molar-refractivity contribution in [2.75, 3.05) is 5.32 Å². The highest BCUT2D eigenvalue weighted by Crippen LogP contribution is 2.24. The van der Waals surface area contributed by atoms with E-state index in [1.807, 2.05) is 0 Å². The SMILES string of the molecule is Fc1cccc(Cl)c1NC(=S)Cl. The molecule has 0 bridgehead atoms. The van der Waals surface area contributed by atoms with Crippen molar-refractivity contribution in [1.29, 1.82) is 0 Å². The lowest BCUT2D eigenvalue weighted by atomic mass is 10.3. The average molecular weight is 224 g/mol. The van der Waals surface area contributed by atoms with Crippen LogP contribution in [0.4, 0.5) is 10.1 Å². The molecule has 0 atom stereocenters. The zero-order valence-electron chi connectivity index (χ0n) is 5.77. The molecule has 1 rings (SSSR count). The fraction of sp³-hybridized carbons (Fsp3) is 0. The molecule has 0 aliphatic carbocycles. The first-order valence-corrected chi connectivity index (χ1v) is 4.18. The molecular weight excluding hydrogens is 220 g/mol. The fourth-order valence-electron chi connectivity index (χ4n) is 0.716. The number of hydrogen-bond acceptors (Lipinski definition) is 1. The molecule has 1 N–H and O–H groups in total. The molecule has 0 saturated heterocycles. The minimum atomic E-state index is -0.481. The highest BCUT2D eigenvalue weighted by molar-refractivity contribution is 7.83. The maximum atomic E-state index is 12.9. The van der Waals surface area contributed by atoms with Crippen LogP contribution in [0.1, 0.15) is 0 Å². The Bertz CT molecular complexity index is 296. The standard InChI is InChI=1S/C7H4Cl2FNS/c8-4-2-1-3-5(10)6(4)11-7(9)12/h1-3H,(H,11,12). The molecule has 1 nitrogen and oxygen atoms in total. The van der Waals surface area contributed by atoms with Gasteiger partial charge >= 0.3 is 0 Å². The van der Waals surface area contributed by atoms with Crippen molar-refractivity contribution < 1.29 is 4.39 Å². The number of benzene rings is 1. The summed E-state index contributed by atoms with van der Waals surface area (Å²) in [5.41, 5.74) is 0.110. The summed E-state index contributed by atoms with van der Waals surface area (Å²) in [6.07, 6.45) is 0. The van der Waals surface area contributed by atoms with Gasteiger partial charge < -0.3 is 5.32 Å². The van der Waals surface area contributed by atoms with Gasteiger partial charge in [-0.3, -0.25) is 0 Å². The lowest BCUT2D eigenvalue weighted by molar-refractivity contribution is 0.632. The predicted molar refractivity (Wildman–Crippen MR) is 53.5 cm³/mol. The van der Waals surface area contributed by atoms with Gasteiger partial charge in [-0.2, -0.15) is 0 Å². The van der Waals surface area contributed by atoms with E-state index in [0.29, 0.717) is 0 Å². The monoisotopic (exact) mass is 223 g/mol. The molecule has 0 fully saturated rings. The van der Waals surface area contributed by atoms with Crippen molar-refractivity contribution in [2.45, 2.75) is 0 Å². The van der Waals surface area contributed by atoms with Crippen LogP contribution in [-0.2, 0) is 0 Å². The zero-order chi connectivity index (χ0) is 9.14. The third-order valence-electron chi connectivity index (χ3n) is 1.19. The lowest BCUT2D eigenvalue weighted by Gasteiger charge is -2.05. The van der Waals surface area contributed by atoms with E-state index in [1.165, 1.54) is 12.1 Å². The Morgan fingerprint density at radius 3 is 2.67 bits per heavy atom. The normalized spacial score (nSPS) is 9.58. The third kappa shape index (κ3) is 2.30. The molecule has 64 valence electrons. The summed E-state index contributed by atoms with van der Waals surface area (Å²) in [5, 5.41) is 2.68. The quantitative estimate of drug-likeness (QED) is 0.445. The molecule has 0 amide bonds. The number of hydrogen-bond donors (Lipinski definition) is 1. The molecule has 0 unspecified atom stereocenters. The average Bonchev–Trinajstić information content (AvgIpc) is 1.97. The van der Waals surface area contributed by atoms with Gasteiger partial charge in [-0.1, -0.05) is 29.3 Å². The van der Waals surface area contributed by atoms with Crippen LogP contribution in [0, 0.1) is 5.82 Å². The number of rotatable bonds is 1. The second-order valence-corrected chi connectivity index (χ2v) is 3.41. The summed E-state index contributed by atoms with van der Waals surface area (Å²) >= 11 is 15.5. The van der Waals surface area contributed by atoms with Crippen molar-refractivity contribution in [3.63, 3.8) is 0 Å². The van der Waals surface area contributed by atoms with Gasteiger partial charge in [-0.25, -0.2) is 4.39 Å².